The minimum Gasteiger partial charge on any atom is -0.399 e. The van der Waals surface area contributed by atoms with E-state index in [1.165, 1.54) is 56.4 Å². The van der Waals surface area contributed by atoms with Crippen LogP contribution in [0.15, 0.2) is 18.2 Å². The van der Waals surface area contributed by atoms with Gasteiger partial charge in [0.1, 0.15) is 0 Å². The van der Waals surface area contributed by atoms with Gasteiger partial charge >= 0.3 is 0 Å². The lowest BCUT2D eigenvalue weighted by molar-refractivity contribution is 0.556. The zero-order valence-electron chi connectivity index (χ0n) is 10.2. The monoisotopic (exact) mass is 218 g/mol. The Morgan fingerprint density at radius 3 is 2.19 bits per heavy atom. The summed E-state index contributed by atoms with van der Waals surface area (Å²) in [4.78, 5) is 2.49. The molecule has 0 spiro atoms. The first-order valence-electron chi connectivity index (χ1n) is 6.38. The van der Waals surface area contributed by atoms with Gasteiger partial charge in [-0.1, -0.05) is 19.3 Å². The van der Waals surface area contributed by atoms with Gasteiger partial charge in [-0.25, -0.2) is 0 Å². The maximum atomic E-state index is 5.91. The van der Waals surface area contributed by atoms with Crippen molar-refractivity contribution in [2.75, 3.05) is 23.7 Å². The quantitative estimate of drug-likeness (QED) is 0.732. The molecule has 1 saturated heterocycles. The van der Waals surface area contributed by atoms with Crippen molar-refractivity contribution in [3.63, 3.8) is 0 Å². The molecule has 1 fully saturated rings. The van der Waals surface area contributed by atoms with Crippen LogP contribution in [-0.4, -0.2) is 13.1 Å². The third kappa shape index (κ3) is 2.91. The third-order valence-corrected chi connectivity index (χ3v) is 3.31. The number of hydrogen-bond donors (Lipinski definition) is 1. The first kappa shape index (κ1) is 11.3. The zero-order valence-corrected chi connectivity index (χ0v) is 10.2. The second-order valence-electron chi connectivity index (χ2n) is 4.86. The van der Waals surface area contributed by atoms with Crippen LogP contribution in [0.3, 0.4) is 0 Å². The van der Waals surface area contributed by atoms with Gasteiger partial charge in [-0.05, 0) is 43.5 Å². The molecule has 2 nitrogen and oxygen atoms in total. The summed E-state index contributed by atoms with van der Waals surface area (Å²) in [5.41, 5.74) is 9.36. The van der Waals surface area contributed by atoms with Crippen LogP contribution in [0.2, 0.25) is 0 Å². The number of anilines is 2. The lowest BCUT2D eigenvalue weighted by Gasteiger charge is -2.27. The average molecular weight is 218 g/mol. The van der Waals surface area contributed by atoms with E-state index < -0.39 is 0 Å². The molecule has 2 rings (SSSR count). The molecule has 0 unspecified atom stereocenters. The van der Waals surface area contributed by atoms with Crippen LogP contribution in [-0.2, 0) is 0 Å². The summed E-state index contributed by atoms with van der Waals surface area (Å²) in [5.74, 6) is 0. The van der Waals surface area contributed by atoms with Crippen molar-refractivity contribution < 1.29 is 0 Å². The summed E-state index contributed by atoms with van der Waals surface area (Å²) in [6.07, 6.45) is 6.78. The molecular weight excluding hydrogens is 196 g/mol. The van der Waals surface area contributed by atoms with Crippen LogP contribution >= 0.6 is 0 Å². The summed E-state index contributed by atoms with van der Waals surface area (Å²) in [6.45, 7) is 4.48. The van der Waals surface area contributed by atoms with E-state index in [0.29, 0.717) is 0 Å². The fourth-order valence-electron chi connectivity index (χ4n) is 2.48. The Labute approximate surface area is 98.4 Å². The molecule has 1 aromatic carbocycles. The smallest absolute Gasteiger partial charge is 0.0389 e. The summed E-state index contributed by atoms with van der Waals surface area (Å²) < 4.78 is 0. The van der Waals surface area contributed by atoms with Crippen LogP contribution in [0.25, 0.3) is 0 Å². The lowest BCUT2D eigenvalue weighted by atomic mass is 10.1. The van der Waals surface area contributed by atoms with Gasteiger partial charge in [0.15, 0.2) is 0 Å². The van der Waals surface area contributed by atoms with Crippen molar-refractivity contribution in [1.82, 2.24) is 0 Å². The molecule has 0 radical (unpaired) electrons. The maximum absolute atomic E-state index is 5.91. The highest BCUT2D eigenvalue weighted by molar-refractivity contribution is 5.58. The number of nitrogens with two attached hydrogens (primary N) is 1. The average Bonchev–Trinajstić information content (AvgIpc) is 2.14. The minimum absolute atomic E-state index is 0.886. The van der Waals surface area contributed by atoms with E-state index in [2.05, 4.69) is 24.0 Å². The highest BCUT2D eigenvalue weighted by Gasteiger charge is 2.09. The number of aryl methyl sites for hydroxylation is 1. The van der Waals surface area contributed by atoms with Gasteiger partial charge < -0.3 is 10.6 Å². The number of nitrogens with zero attached hydrogens (tertiary/aromatic N) is 1. The highest BCUT2D eigenvalue weighted by Crippen LogP contribution is 2.23. The Morgan fingerprint density at radius 2 is 1.56 bits per heavy atom. The van der Waals surface area contributed by atoms with Gasteiger partial charge in [-0.15, -0.1) is 0 Å². The van der Waals surface area contributed by atoms with Crippen molar-refractivity contribution in [3.05, 3.63) is 23.8 Å². The molecular formula is C14H22N2. The second-order valence-corrected chi connectivity index (χ2v) is 4.86. The predicted molar refractivity (Wildman–Crippen MR) is 70.9 cm³/mol. The Morgan fingerprint density at radius 1 is 0.938 bits per heavy atom. The molecule has 1 aromatic rings. The van der Waals surface area contributed by atoms with Gasteiger partial charge in [-0.2, -0.15) is 0 Å². The standard InChI is InChI=1S/C14H22N2/c1-12-9-13(15)11-14(10-12)16-7-5-3-2-4-6-8-16/h9-11H,2-8,15H2,1H3. The van der Waals surface area contributed by atoms with Gasteiger partial charge in [0, 0.05) is 24.5 Å². The largest absolute Gasteiger partial charge is 0.399 e. The van der Waals surface area contributed by atoms with E-state index in [1.807, 2.05) is 6.07 Å². The molecule has 0 bridgehead atoms. The Kier molecular flexibility index (Phi) is 3.70. The molecule has 0 amide bonds. The molecule has 1 heterocycles. The SMILES string of the molecule is Cc1cc(N)cc(N2CCCCCCC2)c1. The van der Waals surface area contributed by atoms with Crippen LogP contribution in [0.4, 0.5) is 11.4 Å². The molecule has 2 N–H and O–H groups in total. The first-order chi connectivity index (χ1) is 7.75. The highest BCUT2D eigenvalue weighted by atomic mass is 15.1. The van der Waals surface area contributed by atoms with Crippen molar-refractivity contribution in [1.29, 1.82) is 0 Å². The van der Waals surface area contributed by atoms with Gasteiger partial charge in [0.25, 0.3) is 0 Å². The van der Waals surface area contributed by atoms with E-state index in [1.54, 1.807) is 0 Å². The summed E-state index contributed by atoms with van der Waals surface area (Å²) in [7, 11) is 0. The van der Waals surface area contributed by atoms with Crippen LogP contribution in [0, 0.1) is 6.92 Å². The normalized spacial score (nSPS) is 17.9. The molecule has 0 aliphatic carbocycles. The molecule has 0 aromatic heterocycles. The fourth-order valence-corrected chi connectivity index (χ4v) is 2.48. The Bertz CT molecular complexity index is 318. The van der Waals surface area contributed by atoms with Crippen LogP contribution in [0.5, 0.6) is 0 Å². The van der Waals surface area contributed by atoms with Gasteiger partial charge in [0.05, 0.1) is 0 Å². The molecule has 1 aliphatic heterocycles. The molecule has 0 saturated carbocycles. The Balaban J connectivity index is 2.13. The van der Waals surface area contributed by atoms with E-state index in [9.17, 15) is 0 Å². The zero-order chi connectivity index (χ0) is 11.4. The number of hydrogen-bond acceptors (Lipinski definition) is 2. The van der Waals surface area contributed by atoms with Crippen molar-refractivity contribution in [2.45, 2.75) is 39.0 Å². The van der Waals surface area contributed by atoms with Crippen molar-refractivity contribution >= 4 is 11.4 Å². The molecule has 2 heteroatoms. The van der Waals surface area contributed by atoms with Crippen molar-refractivity contribution in [3.8, 4) is 0 Å². The van der Waals surface area contributed by atoms with E-state index in [0.717, 1.165) is 5.69 Å². The topological polar surface area (TPSA) is 29.3 Å². The Hall–Kier alpha value is -1.18. The summed E-state index contributed by atoms with van der Waals surface area (Å²) in [5, 5.41) is 0. The van der Waals surface area contributed by atoms with Gasteiger partial charge in [0.2, 0.25) is 0 Å². The van der Waals surface area contributed by atoms with E-state index >= 15 is 0 Å². The van der Waals surface area contributed by atoms with Crippen molar-refractivity contribution in [2.24, 2.45) is 0 Å². The predicted octanol–water partition coefficient (Wildman–Crippen LogP) is 3.35. The fraction of sp³-hybridized carbons (Fsp3) is 0.571. The van der Waals surface area contributed by atoms with E-state index in [-0.39, 0.29) is 0 Å². The maximum Gasteiger partial charge on any atom is 0.0389 e. The molecule has 0 atom stereocenters. The third-order valence-electron chi connectivity index (χ3n) is 3.31. The number of rotatable bonds is 1. The lowest BCUT2D eigenvalue weighted by Crippen LogP contribution is -2.27. The second kappa shape index (κ2) is 5.24. The number of nitrogen functional groups attached to an aromatic ring is 1. The molecule has 1 aliphatic rings. The summed E-state index contributed by atoms with van der Waals surface area (Å²) in [6, 6.07) is 6.39. The minimum atomic E-state index is 0.886. The van der Waals surface area contributed by atoms with Crippen LogP contribution < -0.4 is 10.6 Å². The van der Waals surface area contributed by atoms with Gasteiger partial charge in [-0.3, -0.25) is 0 Å². The van der Waals surface area contributed by atoms with Crippen LogP contribution in [0.1, 0.15) is 37.7 Å². The summed E-state index contributed by atoms with van der Waals surface area (Å²) >= 11 is 0. The number of benzene rings is 1. The molecule has 16 heavy (non-hydrogen) atoms. The first-order valence-corrected chi connectivity index (χ1v) is 6.38. The van der Waals surface area contributed by atoms with E-state index in [4.69, 9.17) is 5.73 Å². The molecule has 88 valence electrons.